The van der Waals surface area contributed by atoms with Gasteiger partial charge in [0.1, 0.15) is 19.2 Å². The van der Waals surface area contributed by atoms with Crippen LogP contribution in [-0.2, 0) is 16.1 Å². The molecule has 0 bridgehead atoms. The van der Waals surface area contributed by atoms with Crippen LogP contribution in [0.15, 0.2) is 12.7 Å². The minimum absolute atomic E-state index is 0.0489. The number of hydrogen-bond acceptors (Lipinski definition) is 4. The monoisotopic (exact) mass is 224 g/mol. The zero-order valence-corrected chi connectivity index (χ0v) is 8.61. The van der Waals surface area contributed by atoms with Crippen LogP contribution in [0.1, 0.15) is 6.42 Å². The Kier molecular flexibility index (Phi) is 2.84. The fourth-order valence-electron chi connectivity index (χ4n) is 1.70. The lowest BCUT2D eigenvalue weighted by molar-refractivity contribution is -0.145. The molecule has 1 aliphatic heterocycles. The highest BCUT2D eigenvalue weighted by atomic mass is 16.4. The Morgan fingerprint density at radius 3 is 2.75 bits per heavy atom. The normalized spacial score (nSPS) is 15.9. The second kappa shape index (κ2) is 4.30. The Balaban J connectivity index is 1.75. The molecule has 7 nitrogen and oxygen atoms in total. The molecule has 2 heterocycles. The molecule has 0 aromatic carbocycles. The zero-order valence-electron chi connectivity index (χ0n) is 8.61. The summed E-state index contributed by atoms with van der Waals surface area (Å²) in [7, 11) is 0. The summed E-state index contributed by atoms with van der Waals surface area (Å²) in [5.41, 5.74) is 0. The molecule has 0 radical (unpaired) electrons. The molecule has 0 saturated carbocycles. The van der Waals surface area contributed by atoms with Gasteiger partial charge in [-0.15, -0.1) is 0 Å². The van der Waals surface area contributed by atoms with E-state index < -0.39 is 5.97 Å². The molecule has 0 atom stereocenters. The summed E-state index contributed by atoms with van der Waals surface area (Å²) in [5.74, 6) is -0.766. The summed E-state index contributed by atoms with van der Waals surface area (Å²) >= 11 is 0. The third kappa shape index (κ3) is 2.36. The van der Waals surface area contributed by atoms with Crippen LogP contribution in [-0.4, -0.2) is 49.7 Å². The summed E-state index contributed by atoms with van der Waals surface area (Å²) < 4.78 is 1.45. The number of likely N-dealkylation sites (tertiary alicyclic amines) is 1. The minimum atomic E-state index is -0.812. The number of carboxylic acids is 1. The van der Waals surface area contributed by atoms with Crippen LogP contribution < -0.4 is 0 Å². The van der Waals surface area contributed by atoms with Gasteiger partial charge in [0.2, 0.25) is 5.91 Å². The molecule has 1 aromatic rings. The van der Waals surface area contributed by atoms with E-state index in [9.17, 15) is 9.59 Å². The van der Waals surface area contributed by atoms with Crippen molar-refractivity contribution in [1.82, 2.24) is 19.7 Å². The lowest BCUT2D eigenvalue weighted by atomic mass is 9.96. The van der Waals surface area contributed by atoms with Gasteiger partial charge in [0.25, 0.3) is 0 Å². The first-order valence-electron chi connectivity index (χ1n) is 4.97. The van der Waals surface area contributed by atoms with Crippen molar-refractivity contribution in [3.05, 3.63) is 12.7 Å². The quantitative estimate of drug-likeness (QED) is 0.724. The molecule has 1 N–H and O–H groups in total. The van der Waals surface area contributed by atoms with Gasteiger partial charge in [-0.05, 0) is 0 Å². The van der Waals surface area contributed by atoms with Gasteiger partial charge < -0.3 is 10.0 Å². The van der Waals surface area contributed by atoms with Crippen LogP contribution in [0.3, 0.4) is 0 Å². The van der Waals surface area contributed by atoms with E-state index in [2.05, 4.69) is 10.1 Å². The standard InChI is InChI=1S/C9H12N4O3/c14-8(4-13-6-10-5-11-13)12-2-7(3-12)1-9(15)16/h5-7H,1-4H2,(H,15,16). The van der Waals surface area contributed by atoms with Crippen molar-refractivity contribution in [2.24, 2.45) is 5.92 Å². The molecule has 86 valence electrons. The highest BCUT2D eigenvalue weighted by Gasteiger charge is 2.31. The van der Waals surface area contributed by atoms with Crippen LogP contribution in [0.4, 0.5) is 0 Å². The van der Waals surface area contributed by atoms with Crippen molar-refractivity contribution in [3.63, 3.8) is 0 Å². The Morgan fingerprint density at radius 1 is 1.44 bits per heavy atom. The molecule has 0 aliphatic carbocycles. The van der Waals surface area contributed by atoms with Crippen LogP contribution in [0.5, 0.6) is 0 Å². The summed E-state index contributed by atoms with van der Waals surface area (Å²) in [6, 6.07) is 0. The SMILES string of the molecule is O=C(O)CC1CN(C(=O)Cn2cncn2)C1. The summed E-state index contributed by atoms with van der Waals surface area (Å²) in [4.78, 5) is 27.4. The van der Waals surface area contributed by atoms with E-state index in [1.807, 2.05) is 0 Å². The number of carbonyl (C=O) groups excluding carboxylic acids is 1. The highest BCUT2D eigenvalue weighted by Crippen LogP contribution is 2.19. The number of carboxylic acid groups (broad SMARTS) is 1. The van der Waals surface area contributed by atoms with E-state index in [1.165, 1.54) is 17.3 Å². The maximum absolute atomic E-state index is 11.6. The number of aromatic nitrogens is 3. The van der Waals surface area contributed by atoms with Gasteiger partial charge in [-0.1, -0.05) is 0 Å². The van der Waals surface area contributed by atoms with Gasteiger partial charge in [-0.2, -0.15) is 5.10 Å². The Morgan fingerprint density at radius 2 is 2.19 bits per heavy atom. The van der Waals surface area contributed by atoms with Crippen LogP contribution in [0.25, 0.3) is 0 Å². The first-order valence-corrected chi connectivity index (χ1v) is 4.97. The third-order valence-electron chi connectivity index (χ3n) is 2.54. The average Bonchev–Trinajstić information content (AvgIpc) is 2.62. The molecule has 1 aromatic heterocycles. The number of nitrogens with zero attached hydrogens (tertiary/aromatic N) is 4. The largest absolute Gasteiger partial charge is 0.481 e. The fraction of sp³-hybridized carbons (Fsp3) is 0.556. The first-order chi connectivity index (χ1) is 7.65. The Labute approximate surface area is 91.7 Å². The second-order valence-corrected chi connectivity index (χ2v) is 3.86. The molecular formula is C9H12N4O3. The summed E-state index contributed by atoms with van der Waals surface area (Å²) in [6.07, 6.45) is 2.98. The lowest BCUT2D eigenvalue weighted by Crippen LogP contribution is -2.51. The van der Waals surface area contributed by atoms with Crippen LogP contribution in [0.2, 0.25) is 0 Å². The van der Waals surface area contributed by atoms with Crippen molar-refractivity contribution >= 4 is 11.9 Å². The topological polar surface area (TPSA) is 88.3 Å². The molecular weight excluding hydrogens is 212 g/mol. The number of amides is 1. The zero-order chi connectivity index (χ0) is 11.5. The van der Waals surface area contributed by atoms with Crippen LogP contribution in [0, 0.1) is 5.92 Å². The van der Waals surface area contributed by atoms with Gasteiger partial charge in [0, 0.05) is 19.0 Å². The summed E-state index contributed by atoms with van der Waals surface area (Å²) in [6.45, 7) is 1.22. The molecule has 0 spiro atoms. The molecule has 16 heavy (non-hydrogen) atoms. The van der Waals surface area contributed by atoms with Gasteiger partial charge >= 0.3 is 5.97 Å². The predicted octanol–water partition coefficient (Wildman–Crippen LogP) is -0.789. The van der Waals surface area contributed by atoms with E-state index >= 15 is 0 Å². The Hall–Kier alpha value is -1.92. The number of aliphatic carboxylic acids is 1. The molecule has 0 unspecified atom stereocenters. The van der Waals surface area contributed by atoms with Crippen molar-refractivity contribution in [2.75, 3.05) is 13.1 Å². The average molecular weight is 224 g/mol. The Bertz CT molecular complexity index is 383. The molecule has 1 aliphatic rings. The highest BCUT2D eigenvalue weighted by molar-refractivity contribution is 5.77. The van der Waals surface area contributed by atoms with Crippen molar-refractivity contribution in [2.45, 2.75) is 13.0 Å². The van der Waals surface area contributed by atoms with E-state index in [0.717, 1.165) is 0 Å². The summed E-state index contributed by atoms with van der Waals surface area (Å²) in [5, 5.41) is 12.4. The van der Waals surface area contributed by atoms with Gasteiger partial charge in [0.05, 0.1) is 6.42 Å². The smallest absolute Gasteiger partial charge is 0.303 e. The number of hydrogen-bond donors (Lipinski definition) is 1. The van der Waals surface area contributed by atoms with E-state index in [1.54, 1.807) is 4.90 Å². The minimum Gasteiger partial charge on any atom is -0.481 e. The maximum Gasteiger partial charge on any atom is 0.303 e. The molecule has 2 rings (SSSR count). The third-order valence-corrected chi connectivity index (χ3v) is 2.54. The molecule has 1 saturated heterocycles. The lowest BCUT2D eigenvalue weighted by Gasteiger charge is -2.38. The number of carbonyl (C=O) groups is 2. The first kappa shape index (κ1) is 10.6. The predicted molar refractivity (Wildman–Crippen MR) is 52.3 cm³/mol. The fourth-order valence-corrected chi connectivity index (χ4v) is 1.70. The van der Waals surface area contributed by atoms with Gasteiger partial charge in [-0.25, -0.2) is 9.67 Å². The van der Waals surface area contributed by atoms with Gasteiger partial charge in [0.15, 0.2) is 0 Å². The second-order valence-electron chi connectivity index (χ2n) is 3.86. The number of rotatable bonds is 4. The van der Waals surface area contributed by atoms with Crippen molar-refractivity contribution in [3.8, 4) is 0 Å². The van der Waals surface area contributed by atoms with E-state index in [4.69, 9.17) is 5.11 Å². The van der Waals surface area contributed by atoms with Crippen LogP contribution >= 0.6 is 0 Å². The van der Waals surface area contributed by atoms with E-state index in [-0.39, 0.29) is 24.8 Å². The molecule has 1 amide bonds. The molecule has 1 fully saturated rings. The van der Waals surface area contributed by atoms with Crippen molar-refractivity contribution in [1.29, 1.82) is 0 Å². The van der Waals surface area contributed by atoms with E-state index in [0.29, 0.717) is 13.1 Å². The van der Waals surface area contributed by atoms with Crippen molar-refractivity contribution < 1.29 is 14.7 Å². The molecule has 7 heteroatoms. The van der Waals surface area contributed by atoms with Gasteiger partial charge in [-0.3, -0.25) is 9.59 Å². The maximum atomic E-state index is 11.6.